The molecule has 0 aliphatic carbocycles. The SMILES string of the molecule is Nc1c(NCCn2ccnn2)nc[nH]c1=O. The highest BCUT2D eigenvalue weighted by Crippen LogP contribution is 2.06. The first-order chi connectivity index (χ1) is 7.77. The molecule has 0 spiro atoms. The van der Waals surface area contributed by atoms with Gasteiger partial charge in [-0.1, -0.05) is 5.21 Å². The third kappa shape index (κ3) is 2.16. The van der Waals surface area contributed by atoms with Crippen LogP contribution in [0.1, 0.15) is 0 Å². The van der Waals surface area contributed by atoms with Gasteiger partial charge in [-0.25, -0.2) is 4.98 Å². The van der Waals surface area contributed by atoms with Gasteiger partial charge in [-0.05, 0) is 0 Å². The summed E-state index contributed by atoms with van der Waals surface area (Å²) in [6.07, 6.45) is 4.65. The fourth-order valence-corrected chi connectivity index (χ4v) is 1.19. The number of nitrogen functional groups attached to an aromatic ring is 1. The Morgan fingerprint density at radius 3 is 3.19 bits per heavy atom. The Balaban J connectivity index is 1.95. The molecule has 0 saturated heterocycles. The Labute approximate surface area is 90.5 Å². The zero-order chi connectivity index (χ0) is 11.4. The Morgan fingerprint density at radius 2 is 2.44 bits per heavy atom. The summed E-state index contributed by atoms with van der Waals surface area (Å²) in [5.41, 5.74) is 5.27. The van der Waals surface area contributed by atoms with E-state index in [1.807, 2.05) is 0 Å². The molecule has 0 unspecified atom stereocenters. The number of rotatable bonds is 4. The number of nitrogens with two attached hydrogens (primary N) is 1. The minimum Gasteiger partial charge on any atom is -0.391 e. The first-order valence-electron chi connectivity index (χ1n) is 4.68. The van der Waals surface area contributed by atoms with Crippen molar-refractivity contribution in [1.29, 1.82) is 0 Å². The lowest BCUT2D eigenvalue weighted by Crippen LogP contribution is -2.18. The molecule has 8 heteroatoms. The lowest BCUT2D eigenvalue weighted by atomic mass is 10.4. The summed E-state index contributed by atoms with van der Waals surface area (Å²) >= 11 is 0. The van der Waals surface area contributed by atoms with Crippen molar-refractivity contribution in [3.05, 3.63) is 29.1 Å². The van der Waals surface area contributed by atoms with Crippen molar-refractivity contribution in [3.63, 3.8) is 0 Å². The minimum atomic E-state index is -0.349. The molecule has 2 rings (SSSR count). The van der Waals surface area contributed by atoms with Crippen LogP contribution in [-0.2, 0) is 6.54 Å². The van der Waals surface area contributed by atoms with Crippen molar-refractivity contribution in [1.82, 2.24) is 25.0 Å². The van der Waals surface area contributed by atoms with E-state index in [9.17, 15) is 4.79 Å². The van der Waals surface area contributed by atoms with E-state index < -0.39 is 0 Å². The first-order valence-corrected chi connectivity index (χ1v) is 4.68. The van der Waals surface area contributed by atoms with Crippen LogP contribution in [0.2, 0.25) is 0 Å². The first kappa shape index (κ1) is 10.1. The number of aromatic nitrogens is 5. The van der Waals surface area contributed by atoms with Gasteiger partial charge >= 0.3 is 0 Å². The van der Waals surface area contributed by atoms with E-state index in [-0.39, 0.29) is 11.2 Å². The summed E-state index contributed by atoms with van der Waals surface area (Å²) in [5, 5.41) is 10.4. The summed E-state index contributed by atoms with van der Waals surface area (Å²) in [5.74, 6) is 0.379. The molecule has 0 fully saturated rings. The van der Waals surface area contributed by atoms with E-state index in [1.54, 1.807) is 17.1 Å². The standard InChI is InChI=1S/C8H11N7O/c9-6-7(11-5-12-8(6)16)10-1-3-15-4-2-13-14-15/h2,4-5H,1,3,9H2,(H2,10,11,12,16). The molecule has 0 bridgehead atoms. The van der Waals surface area contributed by atoms with Crippen LogP contribution in [0.15, 0.2) is 23.5 Å². The van der Waals surface area contributed by atoms with Gasteiger partial charge < -0.3 is 16.0 Å². The van der Waals surface area contributed by atoms with E-state index in [0.717, 1.165) is 0 Å². The molecule has 0 saturated carbocycles. The van der Waals surface area contributed by atoms with Crippen LogP contribution < -0.4 is 16.6 Å². The monoisotopic (exact) mass is 221 g/mol. The van der Waals surface area contributed by atoms with Crippen LogP contribution in [0, 0.1) is 0 Å². The van der Waals surface area contributed by atoms with Crippen LogP contribution in [0.3, 0.4) is 0 Å². The quantitative estimate of drug-likeness (QED) is 0.613. The van der Waals surface area contributed by atoms with Gasteiger partial charge in [0, 0.05) is 12.7 Å². The summed E-state index contributed by atoms with van der Waals surface area (Å²) in [6.45, 7) is 1.18. The molecule has 4 N–H and O–H groups in total. The Hall–Kier alpha value is -2.38. The van der Waals surface area contributed by atoms with Crippen LogP contribution >= 0.6 is 0 Å². The largest absolute Gasteiger partial charge is 0.391 e. The van der Waals surface area contributed by atoms with E-state index >= 15 is 0 Å². The van der Waals surface area contributed by atoms with Gasteiger partial charge in [0.15, 0.2) is 5.82 Å². The van der Waals surface area contributed by atoms with Crippen molar-refractivity contribution >= 4 is 11.5 Å². The molecule has 0 atom stereocenters. The maximum absolute atomic E-state index is 11.1. The van der Waals surface area contributed by atoms with Crippen molar-refractivity contribution in [2.75, 3.05) is 17.6 Å². The van der Waals surface area contributed by atoms with Gasteiger partial charge in [0.25, 0.3) is 5.56 Å². The van der Waals surface area contributed by atoms with Gasteiger partial charge in [-0.3, -0.25) is 9.48 Å². The van der Waals surface area contributed by atoms with Crippen molar-refractivity contribution in [3.8, 4) is 0 Å². The molecule has 2 heterocycles. The molecule has 2 aromatic heterocycles. The van der Waals surface area contributed by atoms with E-state index in [1.165, 1.54) is 6.33 Å². The number of hydrogen-bond acceptors (Lipinski definition) is 6. The number of hydrogen-bond donors (Lipinski definition) is 3. The maximum Gasteiger partial charge on any atom is 0.276 e. The number of H-pyrrole nitrogens is 1. The molecule has 0 radical (unpaired) electrons. The topological polar surface area (TPSA) is 115 Å². The Morgan fingerprint density at radius 1 is 1.56 bits per heavy atom. The number of aromatic amines is 1. The molecule has 2 aromatic rings. The lowest BCUT2D eigenvalue weighted by Gasteiger charge is -2.06. The summed E-state index contributed by atoms with van der Waals surface area (Å²) in [7, 11) is 0. The Bertz CT molecular complexity index is 503. The molecule has 0 aromatic carbocycles. The number of anilines is 2. The van der Waals surface area contributed by atoms with Gasteiger partial charge in [-0.2, -0.15) is 0 Å². The Kier molecular flexibility index (Phi) is 2.81. The fraction of sp³-hybridized carbons (Fsp3) is 0.250. The van der Waals surface area contributed by atoms with Crippen molar-refractivity contribution in [2.45, 2.75) is 6.54 Å². The minimum absolute atomic E-state index is 0.0843. The third-order valence-electron chi connectivity index (χ3n) is 1.99. The van der Waals surface area contributed by atoms with Crippen LogP contribution in [0.25, 0.3) is 0 Å². The van der Waals surface area contributed by atoms with Gasteiger partial charge in [-0.15, -0.1) is 5.10 Å². The number of nitrogens with one attached hydrogen (secondary N) is 2. The predicted octanol–water partition coefficient (Wildman–Crippen LogP) is -0.944. The molecular weight excluding hydrogens is 210 g/mol. The second-order valence-electron chi connectivity index (χ2n) is 3.09. The van der Waals surface area contributed by atoms with E-state index in [2.05, 4.69) is 25.6 Å². The maximum atomic E-state index is 11.1. The normalized spacial score (nSPS) is 10.2. The summed E-state index contributed by atoms with van der Waals surface area (Å²) in [4.78, 5) is 17.4. The third-order valence-corrected chi connectivity index (χ3v) is 1.99. The zero-order valence-corrected chi connectivity index (χ0v) is 8.42. The fourth-order valence-electron chi connectivity index (χ4n) is 1.19. The average Bonchev–Trinajstić information content (AvgIpc) is 2.77. The van der Waals surface area contributed by atoms with Crippen LogP contribution in [-0.4, -0.2) is 31.5 Å². The summed E-state index contributed by atoms with van der Waals surface area (Å²) < 4.78 is 1.66. The van der Waals surface area contributed by atoms with Crippen molar-refractivity contribution < 1.29 is 0 Å². The molecule has 8 nitrogen and oxygen atoms in total. The lowest BCUT2D eigenvalue weighted by molar-refractivity contribution is 0.608. The molecule has 0 aliphatic heterocycles. The average molecular weight is 221 g/mol. The number of nitrogens with zero attached hydrogens (tertiary/aromatic N) is 4. The molecular formula is C8H11N7O. The smallest absolute Gasteiger partial charge is 0.276 e. The van der Waals surface area contributed by atoms with Crippen molar-refractivity contribution in [2.24, 2.45) is 0 Å². The van der Waals surface area contributed by atoms with E-state index in [0.29, 0.717) is 18.9 Å². The van der Waals surface area contributed by atoms with E-state index in [4.69, 9.17) is 5.73 Å². The highest BCUT2D eigenvalue weighted by molar-refractivity contribution is 5.58. The highest BCUT2D eigenvalue weighted by Gasteiger charge is 2.02. The van der Waals surface area contributed by atoms with Crippen LogP contribution in [0.4, 0.5) is 11.5 Å². The van der Waals surface area contributed by atoms with Gasteiger partial charge in [0.2, 0.25) is 0 Å². The highest BCUT2D eigenvalue weighted by atomic mass is 16.1. The second kappa shape index (κ2) is 4.43. The predicted molar refractivity (Wildman–Crippen MR) is 57.8 cm³/mol. The van der Waals surface area contributed by atoms with Crippen LogP contribution in [0.5, 0.6) is 0 Å². The van der Waals surface area contributed by atoms with Gasteiger partial charge in [0.1, 0.15) is 5.69 Å². The summed E-state index contributed by atoms with van der Waals surface area (Å²) in [6, 6.07) is 0. The molecule has 0 amide bonds. The molecule has 84 valence electrons. The molecule has 16 heavy (non-hydrogen) atoms. The van der Waals surface area contributed by atoms with Gasteiger partial charge in [0.05, 0.1) is 19.1 Å². The zero-order valence-electron chi connectivity index (χ0n) is 8.42. The second-order valence-corrected chi connectivity index (χ2v) is 3.09. The molecule has 0 aliphatic rings.